The predicted molar refractivity (Wildman–Crippen MR) is 138 cm³/mol. The lowest BCUT2D eigenvalue weighted by Crippen LogP contribution is -2.52. The molecule has 5 rings (SSSR count). The highest BCUT2D eigenvalue weighted by molar-refractivity contribution is 7.99. The van der Waals surface area contributed by atoms with Crippen molar-refractivity contribution in [1.29, 1.82) is 0 Å². The molecular formula is C28H39N3O3S. The molecule has 0 aromatic heterocycles. The predicted octanol–water partition coefficient (Wildman–Crippen LogP) is 4.51. The molecule has 190 valence electrons. The molecule has 2 heterocycles. The van der Waals surface area contributed by atoms with Crippen molar-refractivity contribution in [2.75, 3.05) is 12.3 Å². The summed E-state index contributed by atoms with van der Waals surface area (Å²) in [6.45, 7) is 9.00. The number of imide groups is 1. The second-order valence-corrected chi connectivity index (χ2v) is 12.8. The van der Waals surface area contributed by atoms with Gasteiger partial charge in [-0.1, -0.05) is 33.3 Å². The van der Waals surface area contributed by atoms with Gasteiger partial charge in [0.05, 0.1) is 0 Å². The number of hydrogen-bond acceptors (Lipinski definition) is 5. The Morgan fingerprint density at radius 2 is 1.94 bits per heavy atom. The lowest BCUT2D eigenvalue weighted by atomic mass is 9.69. The van der Waals surface area contributed by atoms with Gasteiger partial charge in [-0.05, 0) is 85.3 Å². The van der Waals surface area contributed by atoms with Gasteiger partial charge in [0.15, 0.2) is 0 Å². The number of benzene rings is 1. The number of thioether (sulfide) groups is 1. The van der Waals surface area contributed by atoms with Crippen molar-refractivity contribution in [3.63, 3.8) is 0 Å². The second kappa shape index (κ2) is 9.55. The van der Waals surface area contributed by atoms with Gasteiger partial charge in [-0.2, -0.15) is 0 Å². The van der Waals surface area contributed by atoms with Crippen LogP contribution < -0.4 is 10.6 Å². The number of unbranched alkanes of at least 4 members (excludes halogenated alkanes) is 2. The number of carbonyl (C=O) groups excluding carboxylic acids is 3. The van der Waals surface area contributed by atoms with Gasteiger partial charge >= 0.3 is 0 Å². The zero-order chi connectivity index (χ0) is 24.8. The lowest BCUT2D eigenvalue weighted by molar-refractivity contribution is -0.136. The van der Waals surface area contributed by atoms with Crippen LogP contribution in [0.2, 0.25) is 0 Å². The fourth-order valence-corrected chi connectivity index (χ4v) is 8.16. The number of nitrogens with one attached hydrogen (secondary N) is 2. The summed E-state index contributed by atoms with van der Waals surface area (Å²) in [6.07, 6.45) is 8.34. The summed E-state index contributed by atoms with van der Waals surface area (Å²) in [5.74, 6) is 1.20. The van der Waals surface area contributed by atoms with Crippen LogP contribution in [0.5, 0.6) is 0 Å². The van der Waals surface area contributed by atoms with E-state index >= 15 is 0 Å². The maximum absolute atomic E-state index is 13.0. The summed E-state index contributed by atoms with van der Waals surface area (Å²) in [6, 6.07) is 6.00. The highest BCUT2D eigenvalue weighted by Crippen LogP contribution is 2.65. The van der Waals surface area contributed by atoms with E-state index in [0.29, 0.717) is 35.4 Å². The molecule has 2 bridgehead atoms. The van der Waals surface area contributed by atoms with Crippen molar-refractivity contribution >= 4 is 29.5 Å². The minimum atomic E-state index is -0.555. The molecule has 0 spiro atoms. The van der Waals surface area contributed by atoms with Crippen molar-refractivity contribution in [1.82, 2.24) is 15.5 Å². The van der Waals surface area contributed by atoms with Gasteiger partial charge in [0.25, 0.3) is 5.91 Å². The first kappa shape index (κ1) is 24.8. The topological polar surface area (TPSA) is 78.5 Å². The zero-order valence-corrected chi connectivity index (χ0v) is 22.1. The molecule has 1 aromatic carbocycles. The molecule has 35 heavy (non-hydrogen) atoms. The van der Waals surface area contributed by atoms with E-state index in [0.717, 1.165) is 35.1 Å². The number of fused-ring (bicyclic) bond motifs is 3. The average Bonchev–Trinajstić information content (AvgIpc) is 3.34. The molecular weight excluding hydrogens is 458 g/mol. The van der Waals surface area contributed by atoms with Crippen molar-refractivity contribution in [2.24, 2.45) is 16.7 Å². The van der Waals surface area contributed by atoms with Crippen LogP contribution in [-0.4, -0.2) is 47.0 Å². The number of piperidine rings is 1. The highest BCUT2D eigenvalue weighted by atomic mass is 32.2. The minimum Gasteiger partial charge on any atom is -0.322 e. The highest BCUT2D eigenvalue weighted by Gasteiger charge is 2.60. The van der Waals surface area contributed by atoms with Crippen LogP contribution in [-0.2, 0) is 16.1 Å². The molecule has 1 aromatic rings. The number of nitrogens with zero attached hydrogens (tertiary/aromatic N) is 1. The molecule has 3 fully saturated rings. The Kier molecular flexibility index (Phi) is 6.77. The molecule has 6 nitrogen and oxygen atoms in total. The molecule has 1 saturated heterocycles. The van der Waals surface area contributed by atoms with E-state index in [4.69, 9.17) is 0 Å². The first-order chi connectivity index (χ1) is 16.7. The largest absolute Gasteiger partial charge is 0.322 e. The van der Waals surface area contributed by atoms with Crippen molar-refractivity contribution in [3.05, 3.63) is 29.3 Å². The first-order valence-electron chi connectivity index (χ1n) is 13.3. The van der Waals surface area contributed by atoms with Crippen LogP contribution in [0, 0.1) is 16.7 Å². The molecule has 2 aliphatic heterocycles. The molecule has 7 heteroatoms. The second-order valence-electron chi connectivity index (χ2n) is 11.7. The first-order valence-corrected chi connectivity index (χ1v) is 14.3. The average molecular weight is 498 g/mol. The number of amides is 3. The fraction of sp³-hybridized carbons (Fsp3) is 0.679. The normalized spacial score (nSPS) is 31.2. The van der Waals surface area contributed by atoms with Crippen LogP contribution in [0.4, 0.5) is 0 Å². The van der Waals surface area contributed by atoms with Gasteiger partial charge in [-0.15, -0.1) is 11.8 Å². The smallest absolute Gasteiger partial charge is 0.255 e. The third-order valence-corrected chi connectivity index (χ3v) is 11.0. The van der Waals surface area contributed by atoms with Crippen molar-refractivity contribution in [3.8, 4) is 0 Å². The number of rotatable bonds is 9. The van der Waals surface area contributed by atoms with E-state index in [1.165, 1.54) is 32.1 Å². The lowest BCUT2D eigenvalue weighted by Gasteiger charge is -2.39. The Balaban J connectivity index is 1.07. The van der Waals surface area contributed by atoms with Gasteiger partial charge in [0.2, 0.25) is 11.8 Å². The van der Waals surface area contributed by atoms with Crippen molar-refractivity contribution < 1.29 is 14.4 Å². The summed E-state index contributed by atoms with van der Waals surface area (Å²) in [5, 5.41) is 6.27. The Hall–Kier alpha value is -1.86. The monoisotopic (exact) mass is 497 g/mol. The Morgan fingerprint density at radius 1 is 1.11 bits per heavy atom. The molecule has 4 aliphatic rings. The third kappa shape index (κ3) is 4.33. The minimum absolute atomic E-state index is 0.0967. The molecule has 2 aliphatic carbocycles. The standard InChI is InChI=1S/C28H39N3O3S/c1-27(2)18-12-13-28(27,3)23(16-18)29-14-5-4-6-15-35-22-9-7-8-19-20(22)17-31(26(19)34)21-10-11-24(32)30-25(21)33/h7-9,18,21,23,29H,4-6,10-17H2,1-3H3,(H,30,32,33)/t18-,21?,23?,28+/m1/s1. The van der Waals surface area contributed by atoms with Gasteiger partial charge < -0.3 is 10.2 Å². The Morgan fingerprint density at radius 3 is 2.66 bits per heavy atom. The SMILES string of the molecule is CC1(C)[C@@H]2CC[C@@]1(C)C(NCCCCCSc1cccc3c1CN(C1CCC(=O)NC1=O)C3=O)C2. The number of hydrogen-bond donors (Lipinski definition) is 2. The summed E-state index contributed by atoms with van der Waals surface area (Å²) in [5.41, 5.74) is 2.64. The van der Waals surface area contributed by atoms with Crippen LogP contribution in [0.25, 0.3) is 0 Å². The van der Waals surface area contributed by atoms with Gasteiger partial charge in [0.1, 0.15) is 6.04 Å². The third-order valence-electron chi connectivity index (χ3n) is 9.80. The molecule has 4 atom stereocenters. The van der Waals surface area contributed by atoms with Crippen LogP contribution >= 0.6 is 11.8 Å². The van der Waals surface area contributed by atoms with E-state index < -0.39 is 6.04 Å². The van der Waals surface area contributed by atoms with Crippen LogP contribution in [0.15, 0.2) is 23.1 Å². The fourth-order valence-electron chi connectivity index (χ4n) is 7.07. The molecule has 3 amide bonds. The van der Waals surface area contributed by atoms with Crippen LogP contribution in [0.1, 0.15) is 88.1 Å². The van der Waals surface area contributed by atoms with E-state index in [2.05, 4.69) is 37.5 Å². The summed E-state index contributed by atoms with van der Waals surface area (Å²) < 4.78 is 0. The quantitative estimate of drug-likeness (QED) is 0.298. The van der Waals surface area contributed by atoms with E-state index in [1.807, 2.05) is 23.9 Å². The van der Waals surface area contributed by atoms with E-state index in [-0.39, 0.29) is 24.1 Å². The van der Waals surface area contributed by atoms with Crippen molar-refractivity contribution in [2.45, 2.75) is 95.7 Å². The van der Waals surface area contributed by atoms with Crippen LogP contribution in [0.3, 0.4) is 0 Å². The zero-order valence-electron chi connectivity index (χ0n) is 21.3. The molecule has 2 saturated carbocycles. The summed E-state index contributed by atoms with van der Waals surface area (Å²) >= 11 is 1.82. The molecule has 2 N–H and O–H groups in total. The van der Waals surface area contributed by atoms with E-state index in [1.54, 1.807) is 4.90 Å². The Labute approximate surface area is 213 Å². The number of carbonyl (C=O) groups is 3. The molecule has 0 radical (unpaired) electrons. The maximum atomic E-state index is 13.0. The maximum Gasteiger partial charge on any atom is 0.255 e. The van der Waals surface area contributed by atoms with Gasteiger partial charge in [-0.25, -0.2) is 0 Å². The van der Waals surface area contributed by atoms with Gasteiger partial charge in [-0.3, -0.25) is 19.7 Å². The molecule has 2 unspecified atom stereocenters. The summed E-state index contributed by atoms with van der Waals surface area (Å²) in [4.78, 5) is 39.6. The summed E-state index contributed by atoms with van der Waals surface area (Å²) in [7, 11) is 0. The Bertz CT molecular complexity index is 1020. The van der Waals surface area contributed by atoms with E-state index in [9.17, 15) is 14.4 Å². The van der Waals surface area contributed by atoms with Gasteiger partial charge in [0, 0.05) is 29.5 Å².